The van der Waals surface area contributed by atoms with Gasteiger partial charge >= 0.3 is 0 Å². The molecular weight excluding hydrogens is 359 g/mol. The first-order valence-electron chi connectivity index (χ1n) is 7.20. The second-order valence-electron chi connectivity index (χ2n) is 5.87. The Morgan fingerprint density at radius 1 is 1.17 bits per heavy atom. The summed E-state index contributed by atoms with van der Waals surface area (Å²) in [5.41, 5.74) is 0.182. The van der Waals surface area contributed by atoms with Gasteiger partial charge in [-0.1, -0.05) is 37.0 Å². The van der Waals surface area contributed by atoms with Gasteiger partial charge in [-0.2, -0.15) is 0 Å². The molecule has 0 heterocycles. The molecule has 1 N–H and O–H groups in total. The van der Waals surface area contributed by atoms with E-state index in [1.54, 1.807) is 6.07 Å². The van der Waals surface area contributed by atoms with Crippen LogP contribution in [0.4, 0.5) is 5.69 Å². The van der Waals surface area contributed by atoms with Gasteiger partial charge in [0.1, 0.15) is 6.04 Å². The van der Waals surface area contributed by atoms with Gasteiger partial charge < -0.3 is 5.32 Å². The normalized spacial score (nSPS) is 14.4. The second-order valence-corrected chi connectivity index (χ2v) is 8.57. The van der Waals surface area contributed by atoms with E-state index in [0.29, 0.717) is 5.02 Å². The number of rotatable bonds is 6. The Bertz CT molecular complexity index is 677. The summed E-state index contributed by atoms with van der Waals surface area (Å²) in [7, 11) is -3.73. The Labute approximate surface area is 148 Å². The van der Waals surface area contributed by atoms with E-state index in [4.69, 9.17) is 23.2 Å². The van der Waals surface area contributed by atoms with Crippen molar-refractivity contribution in [2.24, 2.45) is 5.92 Å². The van der Waals surface area contributed by atoms with Crippen molar-refractivity contribution >= 4 is 44.8 Å². The van der Waals surface area contributed by atoms with E-state index < -0.39 is 22.0 Å². The zero-order valence-electron chi connectivity index (χ0n) is 13.8. The predicted octanol–water partition coefficient (Wildman–Crippen LogP) is 3.31. The predicted molar refractivity (Wildman–Crippen MR) is 95.7 cm³/mol. The minimum Gasteiger partial charge on any atom is -0.352 e. The quantitative estimate of drug-likeness (QED) is 0.822. The number of nitrogens with zero attached hydrogens (tertiary/aromatic N) is 1. The summed E-state index contributed by atoms with van der Waals surface area (Å²) in [6, 6.07) is 3.45. The Morgan fingerprint density at radius 3 is 2.22 bits per heavy atom. The van der Waals surface area contributed by atoms with Gasteiger partial charge in [0.25, 0.3) is 0 Å². The maximum Gasteiger partial charge on any atom is 0.243 e. The van der Waals surface area contributed by atoms with Crippen molar-refractivity contribution in [2.45, 2.75) is 39.8 Å². The Kier molecular flexibility index (Phi) is 6.74. The lowest BCUT2D eigenvalue weighted by atomic mass is 10.1. The van der Waals surface area contributed by atoms with E-state index in [1.807, 2.05) is 20.8 Å². The lowest BCUT2D eigenvalue weighted by Crippen LogP contribution is -2.50. The number of benzene rings is 1. The van der Waals surface area contributed by atoms with E-state index in [2.05, 4.69) is 5.32 Å². The van der Waals surface area contributed by atoms with Crippen LogP contribution in [0.1, 0.15) is 27.7 Å². The highest BCUT2D eigenvalue weighted by atomic mass is 35.5. The van der Waals surface area contributed by atoms with Gasteiger partial charge in [0.05, 0.1) is 17.0 Å². The van der Waals surface area contributed by atoms with Gasteiger partial charge in [-0.05, 0) is 38.0 Å². The molecule has 8 heteroatoms. The highest BCUT2D eigenvalue weighted by Crippen LogP contribution is 2.32. The van der Waals surface area contributed by atoms with Gasteiger partial charge in [0.15, 0.2) is 0 Å². The molecule has 0 aliphatic heterocycles. The number of carbonyl (C=O) groups is 1. The van der Waals surface area contributed by atoms with Crippen LogP contribution in [-0.4, -0.2) is 32.7 Å². The molecule has 0 fully saturated rings. The number of hydrogen-bond acceptors (Lipinski definition) is 3. The van der Waals surface area contributed by atoms with Crippen LogP contribution in [0.15, 0.2) is 18.2 Å². The third kappa shape index (κ3) is 5.26. The average molecular weight is 381 g/mol. The fourth-order valence-corrected chi connectivity index (χ4v) is 3.55. The van der Waals surface area contributed by atoms with E-state index in [0.717, 1.165) is 10.6 Å². The van der Waals surface area contributed by atoms with Crippen LogP contribution in [0.5, 0.6) is 0 Å². The molecule has 0 radical (unpaired) electrons. The maximum absolute atomic E-state index is 12.4. The van der Waals surface area contributed by atoms with Crippen LogP contribution < -0.4 is 9.62 Å². The molecule has 130 valence electrons. The molecule has 1 aromatic carbocycles. The minimum atomic E-state index is -3.73. The summed E-state index contributed by atoms with van der Waals surface area (Å²) in [5, 5.41) is 3.35. The molecule has 0 unspecified atom stereocenters. The molecule has 2 atom stereocenters. The van der Waals surface area contributed by atoms with Gasteiger partial charge in [-0.15, -0.1) is 0 Å². The molecule has 0 aliphatic carbocycles. The van der Waals surface area contributed by atoms with Gasteiger partial charge in [0, 0.05) is 11.1 Å². The molecule has 1 aromatic rings. The molecule has 0 saturated heterocycles. The monoisotopic (exact) mass is 380 g/mol. The molecule has 0 aromatic heterocycles. The van der Waals surface area contributed by atoms with Crippen molar-refractivity contribution in [1.82, 2.24) is 5.32 Å². The largest absolute Gasteiger partial charge is 0.352 e. The zero-order chi connectivity index (χ0) is 17.9. The number of amides is 1. The maximum atomic E-state index is 12.4. The third-order valence-corrected chi connectivity index (χ3v) is 5.39. The molecule has 1 amide bonds. The first kappa shape index (κ1) is 20.1. The van der Waals surface area contributed by atoms with Crippen molar-refractivity contribution < 1.29 is 13.2 Å². The average Bonchev–Trinajstić information content (AvgIpc) is 2.40. The molecule has 0 spiro atoms. The van der Waals surface area contributed by atoms with Crippen LogP contribution in [-0.2, 0) is 14.8 Å². The lowest BCUT2D eigenvalue weighted by Gasteiger charge is -2.30. The first-order chi connectivity index (χ1) is 10.4. The smallest absolute Gasteiger partial charge is 0.243 e. The number of nitrogens with one attached hydrogen (secondary N) is 1. The van der Waals surface area contributed by atoms with E-state index in [1.165, 1.54) is 19.1 Å². The molecule has 23 heavy (non-hydrogen) atoms. The van der Waals surface area contributed by atoms with E-state index >= 15 is 0 Å². The van der Waals surface area contributed by atoms with Gasteiger partial charge in [0.2, 0.25) is 15.9 Å². The summed E-state index contributed by atoms with van der Waals surface area (Å²) in [6.07, 6.45) is 1.03. The van der Waals surface area contributed by atoms with Crippen LogP contribution in [0.25, 0.3) is 0 Å². The standard InChI is InChI=1S/C15H22Cl2N2O3S/c1-9(2)10(3)18-15(20)11(4)19(23(5,21)22)14-8-12(16)6-7-13(14)17/h6-11H,1-5H3,(H,18,20)/t10-,11-/m0/s1. The Morgan fingerprint density at radius 2 is 1.74 bits per heavy atom. The number of sulfonamides is 1. The molecule has 0 bridgehead atoms. The lowest BCUT2D eigenvalue weighted by molar-refractivity contribution is -0.122. The highest BCUT2D eigenvalue weighted by molar-refractivity contribution is 7.92. The number of anilines is 1. The zero-order valence-corrected chi connectivity index (χ0v) is 16.1. The minimum absolute atomic E-state index is 0.0822. The van der Waals surface area contributed by atoms with Crippen molar-refractivity contribution in [3.05, 3.63) is 28.2 Å². The highest BCUT2D eigenvalue weighted by Gasteiger charge is 2.31. The van der Waals surface area contributed by atoms with Crippen molar-refractivity contribution in [3.8, 4) is 0 Å². The Balaban J connectivity index is 3.23. The summed E-state index contributed by atoms with van der Waals surface area (Å²) in [6.45, 7) is 7.32. The summed E-state index contributed by atoms with van der Waals surface area (Å²) in [5.74, 6) is -0.166. The van der Waals surface area contributed by atoms with Crippen molar-refractivity contribution in [3.63, 3.8) is 0 Å². The number of halogens is 2. The van der Waals surface area contributed by atoms with Crippen molar-refractivity contribution in [1.29, 1.82) is 0 Å². The molecule has 0 saturated carbocycles. The van der Waals surface area contributed by atoms with E-state index in [-0.39, 0.29) is 22.7 Å². The molecule has 5 nitrogen and oxygen atoms in total. The summed E-state index contributed by atoms with van der Waals surface area (Å²) in [4.78, 5) is 12.4. The van der Waals surface area contributed by atoms with Crippen LogP contribution in [0.2, 0.25) is 10.0 Å². The van der Waals surface area contributed by atoms with Crippen molar-refractivity contribution in [2.75, 3.05) is 10.6 Å². The topological polar surface area (TPSA) is 66.5 Å². The first-order valence-corrected chi connectivity index (χ1v) is 9.80. The van der Waals surface area contributed by atoms with Crippen LogP contribution in [0.3, 0.4) is 0 Å². The van der Waals surface area contributed by atoms with E-state index in [9.17, 15) is 13.2 Å². The van der Waals surface area contributed by atoms with Gasteiger partial charge in [-0.25, -0.2) is 8.42 Å². The van der Waals surface area contributed by atoms with Crippen LogP contribution >= 0.6 is 23.2 Å². The van der Waals surface area contributed by atoms with Gasteiger partial charge in [-0.3, -0.25) is 9.10 Å². The van der Waals surface area contributed by atoms with Crippen LogP contribution in [0, 0.1) is 5.92 Å². The second kappa shape index (κ2) is 7.73. The number of hydrogen-bond donors (Lipinski definition) is 1. The summed E-state index contributed by atoms with van der Waals surface area (Å²) >= 11 is 12.0. The fraction of sp³-hybridized carbons (Fsp3) is 0.533. The Hall–Kier alpha value is -0.980. The molecule has 0 aliphatic rings. The fourth-order valence-electron chi connectivity index (χ4n) is 1.95. The third-order valence-electron chi connectivity index (χ3n) is 3.60. The number of carbonyl (C=O) groups excluding carboxylic acids is 1. The molecule has 1 rings (SSSR count). The summed E-state index contributed by atoms with van der Waals surface area (Å²) < 4.78 is 25.4. The molecular formula is C15H22Cl2N2O3S. The SMILES string of the molecule is CC(C)[C@H](C)NC(=O)[C@H](C)N(c1cc(Cl)ccc1Cl)S(C)(=O)=O.